The third kappa shape index (κ3) is 2.33. The number of nitrogens with two attached hydrogens (primary N) is 1. The highest BCUT2D eigenvalue weighted by molar-refractivity contribution is 7.18. The maximum atomic E-state index is 6.02. The topological polar surface area (TPSA) is 61.0 Å². The zero-order valence-corrected chi connectivity index (χ0v) is 12.1. The molecule has 2 rings (SSSR count). The van der Waals surface area contributed by atoms with Crippen LogP contribution in [-0.2, 0) is 16.8 Å². The molecular formula is C13H19N3OS. The lowest BCUT2D eigenvalue weighted by Crippen LogP contribution is -2.25. The number of fused-ring (bicyclic) bond motifs is 1. The van der Waals surface area contributed by atoms with Crippen LogP contribution in [0.25, 0.3) is 10.2 Å². The van der Waals surface area contributed by atoms with Gasteiger partial charge in [-0.3, -0.25) is 0 Å². The summed E-state index contributed by atoms with van der Waals surface area (Å²) in [6.45, 7) is 8.64. The number of anilines is 1. The Bertz CT molecular complexity index is 563. The minimum atomic E-state index is -0.507. The van der Waals surface area contributed by atoms with Crippen molar-refractivity contribution in [2.24, 2.45) is 0 Å². The van der Waals surface area contributed by atoms with Crippen molar-refractivity contribution in [1.29, 1.82) is 0 Å². The van der Waals surface area contributed by atoms with Crippen LogP contribution in [0.2, 0.25) is 0 Å². The van der Waals surface area contributed by atoms with E-state index in [-0.39, 0.29) is 0 Å². The van der Waals surface area contributed by atoms with Gasteiger partial charge in [-0.15, -0.1) is 11.3 Å². The third-order valence-electron chi connectivity index (χ3n) is 2.87. The Morgan fingerprint density at radius 1 is 1.33 bits per heavy atom. The van der Waals surface area contributed by atoms with Crippen molar-refractivity contribution >= 4 is 27.4 Å². The van der Waals surface area contributed by atoms with Crippen LogP contribution in [0.5, 0.6) is 0 Å². The highest BCUT2D eigenvalue weighted by atomic mass is 32.1. The largest absolute Gasteiger partial charge is 0.383 e. The molecule has 0 aliphatic heterocycles. The maximum Gasteiger partial charge on any atom is 0.163 e. The lowest BCUT2D eigenvalue weighted by Gasteiger charge is -2.22. The van der Waals surface area contributed by atoms with Crippen LogP contribution in [0.4, 0.5) is 5.82 Å². The van der Waals surface area contributed by atoms with E-state index in [0.29, 0.717) is 18.2 Å². The predicted octanol–water partition coefficient (Wildman–Crippen LogP) is 3.11. The van der Waals surface area contributed by atoms with Crippen LogP contribution in [0, 0.1) is 0 Å². The van der Waals surface area contributed by atoms with E-state index < -0.39 is 5.60 Å². The van der Waals surface area contributed by atoms with E-state index in [0.717, 1.165) is 16.6 Å². The number of thiophene rings is 1. The first-order valence-electron chi connectivity index (χ1n) is 6.18. The first-order valence-corrected chi connectivity index (χ1v) is 7.00. The molecule has 2 aromatic heterocycles. The summed E-state index contributed by atoms with van der Waals surface area (Å²) in [4.78, 5) is 11.2. The second kappa shape index (κ2) is 4.82. The Morgan fingerprint density at radius 2 is 2.06 bits per heavy atom. The van der Waals surface area contributed by atoms with E-state index >= 15 is 0 Å². The van der Waals surface area contributed by atoms with Crippen molar-refractivity contribution in [1.82, 2.24) is 9.97 Å². The van der Waals surface area contributed by atoms with Gasteiger partial charge in [-0.2, -0.15) is 0 Å². The number of hydrogen-bond acceptors (Lipinski definition) is 5. The van der Waals surface area contributed by atoms with Gasteiger partial charge in [-0.25, -0.2) is 9.97 Å². The van der Waals surface area contributed by atoms with E-state index in [2.05, 4.69) is 23.0 Å². The quantitative estimate of drug-likeness (QED) is 0.922. The number of aromatic nitrogens is 2. The highest BCUT2D eigenvalue weighted by Crippen LogP contribution is 2.31. The van der Waals surface area contributed by atoms with Crippen molar-refractivity contribution < 1.29 is 4.74 Å². The summed E-state index contributed by atoms with van der Waals surface area (Å²) in [6, 6.07) is 2.08. The second-order valence-corrected chi connectivity index (χ2v) is 5.78. The predicted molar refractivity (Wildman–Crippen MR) is 75.9 cm³/mol. The van der Waals surface area contributed by atoms with Crippen molar-refractivity contribution in [3.05, 3.63) is 16.8 Å². The molecule has 98 valence electrons. The molecule has 4 nitrogen and oxygen atoms in total. The summed E-state index contributed by atoms with van der Waals surface area (Å²) in [5.74, 6) is 1.19. The van der Waals surface area contributed by atoms with Crippen molar-refractivity contribution in [3.63, 3.8) is 0 Å². The summed E-state index contributed by atoms with van der Waals surface area (Å²) >= 11 is 1.67. The second-order valence-electron chi connectivity index (χ2n) is 4.66. The fraction of sp³-hybridized carbons (Fsp3) is 0.538. The highest BCUT2D eigenvalue weighted by Gasteiger charge is 2.25. The Hall–Kier alpha value is -1.20. The molecule has 5 heteroatoms. The summed E-state index contributed by atoms with van der Waals surface area (Å²) in [5, 5.41) is 0.952. The molecule has 0 bridgehead atoms. The van der Waals surface area contributed by atoms with Crippen LogP contribution in [-0.4, -0.2) is 16.6 Å². The molecule has 0 atom stereocenters. The van der Waals surface area contributed by atoms with Gasteiger partial charge in [0, 0.05) is 11.5 Å². The minimum absolute atomic E-state index is 0.507. The molecule has 0 radical (unpaired) electrons. The van der Waals surface area contributed by atoms with Gasteiger partial charge >= 0.3 is 0 Å². The monoisotopic (exact) mass is 265 g/mol. The Balaban J connectivity index is 2.54. The molecule has 2 heterocycles. The van der Waals surface area contributed by atoms with Crippen molar-refractivity contribution in [2.75, 3.05) is 12.3 Å². The normalized spacial score (nSPS) is 12.2. The van der Waals surface area contributed by atoms with E-state index in [9.17, 15) is 0 Å². The van der Waals surface area contributed by atoms with Crippen molar-refractivity contribution in [2.45, 2.75) is 39.7 Å². The van der Waals surface area contributed by atoms with Gasteiger partial charge in [0.25, 0.3) is 0 Å². The fourth-order valence-corrected chi connectivity index (χ4v) is 2.84. The molecule has 0 fully saturated rings. The molecular weight excluding hydrogens is 246 g/mol. The number of nitrogen functional groups attached to an aromatic ring is 1. The maximum absolute atomic E-state index is 6.02. The molecule has 18 heavy (non-hydrogen) atoms. The van der Waals surface area contributed by atoms with E-state index in [1.807, 2.05) is 20.8 Å². The summed E-state index contributed by atoms with van der Waals surface area (Å²) < 4.78 is 5.68. The SMILES string of the molecule is CCOC(C)(C)c1nc(N)c2cc(CC)sc2n1. The number of ether oxygens (including phenoxy) is 1. The van der Waals surface area contributed by atoms with Gasteiger partial charge in [0.1, 0.15) is 16.2 Å². The third-order valence-corrected chi connectivity index (χ3v) is 4.04. The first kappa shape index (κ1) is 13.2. The van der Waals surface area contributed by atoms with Crippen LogP contribution in [0.15, 0.2) is 6.07 Å². The lowest BCUT2D eigenvalue weighted by atomic mass is 10.1. The number of hydrogen-bond donors (Lipinski definition) is 1. The van der Waals surface area contributed by atoms with Crippen molar-refractivity contribution in [3.8, 4) is 0 Å². The molecule has 2 N–H and O–H groups in total. The molecule has 0 amide bonds. The molecule has 0 unspecified atom stereocenters. The zero-order valence-electron chi connectivity index (χ0n) is 11.3. The van der Waals surface area contributed by atoms with Gasteiger partial charge in [0.15, 0.2) is 5.82 Å². The lowest BCUT2D eigenvalue weighted by molar-refractivity contribution is -0.0204. The molecule has 0 aliphatic rings. The van der Waals surface area contributed by atoms with Gasteiger partial charge in [-0.1, -0.05) is 6.92 Å². The van der Waals surface area contributed by atoms with Crippen LogP contribution < -0.4 is 5.73 Å². The van der Waals surface area contributed by atoms with E-state index in [1.165, 1.54) is 4.88 Å². The minimum Gasteiger partial charge on any atom is -0.383 e. The Kier molecular flexibility index (Phi) is 3.54. The number of aryl methyl sites for hydroxylation is 1. The molecule has 0 saturated heterocycles. The number of rotatable bonds is 4. The standard InChI is InChI=1S/C13H19N3OS/c1-5-8-7-9-10(14)15-12(16-11(9)18-8)13(3,4)17-6-2/h7H,5-6H2,1-4H3,(H2,14,15,16). The number of nitrogens with zero attached hydrogens (tertiary/aromatic N) is 2. The fourth-order valence-electron chi connectivity index (χ4n) is 1.86. The van der Waals surface area contributed by atoms with E-state index in [4.69, 9.17) is 10.5 Å². The zero-order chi connectivity index (χ0) is 13.3. The smallest absolute Gasteiger partial charge is 0.163 e. The summed E-state index contributed by atoms with van der Waals surface area (Å²) in [7, 11) is 0. The van der Waals surface area contributed by atoms with E-state index in [1.54, 1.807) is 11.3 Å². The van der Waals surface area contributed by atoms with Gasteiger partial charge in [0.2, 0.25) is 0 Å². The Labute approximate surface area is 111 Å². The molecule has 2 aromatic rings. The Morgan fingerprint density at radius 3 is 2.67 bits per heavy atom. The average molecular weight is 265 g/mol. The molecule has 0 saturated carbocycles. The summed E-state index contributed by atoms with van der Waals surface area (Å²) in [6.07, 6.45) is 0.991. The van der Waals surface area contributed by atoms with Gasteiger partial charge in [-0.05, 0) is 33.3 Å². The van der Waals surface area contributed by atoms with Crippen LogP contribution in [0.3, 0.4) is 0 Å². The molecule has 0 aromatic carbocycles. The summed E-state index contributed by atoms with van der Waals surface area (Å²) in [5.41, 5.74) is 5.51. The molecule has 0 spiro atoms. The average Bonchev–Trinajstić information content (AvgIpc) is 2.72. The molecule has 0 aliphatic carbocycles. The van der Waals surface area contributed by atoms with Crippen LogP contribution in [0.1, 0.15) is 38.4 Å². The first-order chi connectivity index (χ1) is 8.47. The van der Waals surface area contributed by atoms with Gasteiger partial charge < -0.3 is 10.5 Å². The van der Waals surface area contributed by atoms with Gasteiger partial charge in [0.05, 0.1) is 5.39 Å². The van der Waals surface area contributed by atoms with Crippen LogP contribution >= 0.6 is 11.3 Å².